The van der Waals surface area contributed by atoms with E-state index < -0.39 is 0 Å². The summed E-state index contributed by atoms with van der Waals surface area (Å²) in [5.74, 6) is 1.02. The third-order valence-corrected chi connectivity index (χ3v) is 5.02. The lowest BCUT2D eigenvalue weighted by atomic mass is 10.1. The van der Waals surface area contributed by atoms with Crippen molar-refractivity contribution in [3.8, 4) is 0 Å². The maximum Gasteiger partial charge on any atom is 0.170 e. The van der Waals surface area contributed by atoms with E-state index in [4.69, 9.17) is 10.9 Å². The van der Waals surface area contributed by atoms with E-state index in [0.717, 1.165) is 15.1 Å². The van der Waals surface area contributed by atoms with Crippen molar-refractivity contribution in [2.75, 3.05) is 0 Å². The van der Waals surface area contributed by atoms with Crippen LogP contribution in [0.25, 0.3) is 0 Å². The van der Waals surface area contributed by atoms with Gasteiger partial charge in [0.2, 0.25) is 0 Å². The average molecular weight is 351 g/mol. The van der Waals surface area contributed by atoms with Crippen LogP contribution in [-0.2, 0) is 5.75 Å². The molecule has 0 spiro atoms. The fourth-order valence-corrected chi connectivity index (χ4v) is 3.48. The van der Waals surface area contributed by atoms with Crippen LogP contribution in [0.5, 0.6) is 0 Å². The Labute approximate surface area is 131 Å². The molecule has 0 amide bonds. The van der Waals surface area contributed by atoms with Gasteiger partial charge in [-0.05, 0) is 52.2 Å². The van der Waals surface area contributed by atoms with Gasteiger partial charge in [0, 0.05) is 20.7 Å². The lowest BCUT2D eigenvalue weighted by Crippen LogP contribution is -2.12. The van der Waals surface area contributed by atoms with Gasteiger partial charge in [-0.15, -0.1) is 11.8 Å². The van der Waals surface area contributed by atoms with Crippen LogP contribution in [0.1, 0.15) is 16.7 Å². The van der Waals surface area contributed by atoms with E-state index in [1.807, 2.05) is 24.3 Å². The van der Waals surface area contributed by atoms with Crippen molar-refractivity contribution in [2.45, 2.75) is 17.6 Å². The molecule has 0 bridgehead atoms. The molecule has 0 radical (unpaired) electrons. The molecule has 104 valence electrons. The molecule has 0 aromatic heterocycles. The van der Waals surface area contributed by atoms with Crippen molar-refractivity contribution in [2.24, 2.45) is 10.9 Å². The summed E-state index contributed by atoms with van der Waals surface area (Å²) in [6, 6.07) is 14.0. The van der Waals surface area contributed by atoms with E-state index in [1.165, 1.54) is 11.1 Å². The standard InChI is InChI=1S/C15H15BrN2OS/c1-10-4-2-3-5-12(10)9-20-14-7-6-11(8-13(14)16)15(17)18-19/h2-8,19H,9H2,1H3,(H2,17,18). The van der Waals surface area contributed by atoms with Crippen molar-refractivity contribution in [3.63, 3.8) is 0 Å². The Morgan fingerprint density at radius 2 is 2.05 bits per heavy atom. The molecule has 3 nitrogen and oxygen atoms in total. The first-order valence-electron chi connectivity index (χ1n) is 6.06. The third kappa shape index (κ3) is 3.55. The molecule has 0 aliphatic heterocycles. The number of aryl methyl sites for hydroxylation is 1. The zero-order chi connectivity index (χ0) is 14.5. The summed E-state index contributed by atoms with van der Waals surface area (Å²) in [6.45, 7) is 2.12. The fraction of sp³-hybridized carbons (Fsp3) is 0.133. The Morgan fingerprint density at radius 1 is 1.30 bits per heavy atom. The molecule has 0 saturated heterocycles. The quantitative estimate of drug-likeness (QED) is 0.286. The van der Waals surface area contributed by atoms with Crippen molar-refractivity contribution in [3.05, 3.63) is 63.6 Å². The average Bonchev–Trinajstić information content (AvgIpc) is 2.46. The molecule has 0 fully saturated rings. The van der Waals surface area contributed by atoms with Crippen molar-refractivity contribution in [1.82, 2.24) is 0 Å². The summed E-state index contributed by atoms with van der Waals surface area (Å²) in [5.41, 5.74) is 8.88. The minimum atomic E-state index is 0.112. The Balaban J connectivity index is 2.13. The molecule has 0 aliphatic rings. The Hall–Kier alpha value is -1.46. The molecule has 5 heteroatoms. The Kier molecular flexibility index (Phi) is 5.09. The molecule has 0 heterocycles. The molecule has 3 N–H and O–H groups in total. The first kappa shape index (κ1) is 14.9. The number of nitrogens with zero attached hydrogens (tertiary/aromatic N) is 1. The van der Waals surface area contributed by atoms with Gasteiger partial charge in [0.1, 0.15) is 0 Å². The molecule has 0 atom stereocenters. The summed E-state index contributed by atoms with van der Waals surface area (Å²) in [7, 11) is 0. The normalized spacial score (nSPS) is 11.6. The maximum atomic E-state index is 8.67. The zero-order valence-electron chi connectivity index (χ0n) is 11.0. The first-order chi connectivity index (χ1) is 9.61. The van der Waals surface area contributed by atoms with Crippen molar-refractivity contribution in [1.29, 1.82) is 0 Å². The van der Waals surface area contributed by atoms with Gasteiger partial charge in [-0.25, -0.2) is 0 Å². The largest absolute Gasteiger partial charge is 0.409 e. The van der Waals surface area contributed by atoms with Crippen LogP contribution in [0.4, 0.5) is 0 Å². The molecule has 2 rings (SSSR count). The molecule has 20 heavy (non-hydrogen) atoms. The first-order valence-corrected chi connectivity index (χ1v) is 7.84. The van der Waals surface area contributed by atoms with Crippen molar-refractivity contribution >= 4 is 33.5 Å². The fourth-order valence-electron chi connectivity index (χ4n) is 1.76. The van der Waals surface area contributed by atoms with Gasteiger partial charge in [-0.1, -0.05) is 29.4 Å². The third-order valence-electron chi connectivity index (χ3n) is 2.98. The highest BCUT2D eigenvalue weighted by Gasteiger charge is 2.06. The number of rotatable bonds is 4. The Morgan fingerprint density at radius 3 is 2.70 bits per heavy atom. The second-order valence-corrected chi connectivity index (χ2v) is 6.22. The number of hydrogen-bond acceptors (Lipinski definition) is 3. The monoisotopic (exact) mass is 350 g/mol. The lowest BCUT2D eigenvalue weighted by molar-refractivity contribution is 0.318. The number of nitrogens with two attached hydrogens (primary N) is 1. The highest BCUT2D eigenvalue weighted by Crippen LogP contribution is 2.31. The van der Waals surface area contributed by atoms with E-state index in [-0.39, 0.29) is 5.84 Å². The van der Waals surface area contributed by atoms with Crippen LogP contribution >= 0.6 is 27.7 Å². The summed E-state index contributed by atoms with van der Waals surface area (Å²) in [6.07, 6.45) is 0. The zero-order valence-corrected chi connectivity index (χ0v) is 13.4. The maximum absolute atomic E-state index is 8.67. The predicted octanol–water partition coefficient (Wildman–Crippen LogP) is 4.14. The highest BCUT2D eigenvalue weighted by atomic mass is 79.9. The topological polar surface area (TPSA) is 58.6 Å². The van der Waals surface area contributed by atoms with Gasteiger partial charge >= 0.3 is 0 Å². The number of oxime groups is 1. The number of hydrogen-bond donors (Lipinski definition) is 2. The van der Waals surface area contributed by atoms with Crippen LogP contribution < -0.4 is 5.73 Å². The van der Waals surface area contributed by atoms with Crippen LogP contribution in [0.15, 0.2) is 57.0 Å². The summed E-state index contributed by atoms with van der Waals surface area (Å²) in [5, 5.41) is 11.7. The molecular formula is C15H15BrN2OS. The number of halogens is 1. The SMILES string of the molecule is Cc1ccccc1CSc1ccc(/C(N)=N/O)cc1Br. The smallest absolute Gasteiger partial charge is 0.170 e. The summed E-state index contributed by atoms with van der Waals surface area (Å²) < 4.78 is 0.945. The lowest BCUT2D eigenvalue weighted by Gasteiger charge is -2.08. The van der Waals surface area contributed by atoms with Crippen LogP contribution in [0, 0.1) is 6.92 Å². The van der Waals surface area contributed by atoms with Crippen molar-refractivity contribution < 1.29 is 5.21 Å². The summed E-state index contributed by atoms with van der Waals surface area (Å²) in [4.78, 5) is 1.13. The highest BCUT2D eigenvalue weighted by molar-refractivity contribution is 9.10. The predicted molar refractivity (Wildman–Crippen MR) is 87.4 cm³/mol. The van der Waals surface area contributed by atoms with Gasteiger partial charge in [0.15, 0.2) is 5.84 Å². The molecule has 0 aliphatic carbocycles. The molecule has 2 aromatic carbocycles. The Bertz CT molecular complexity index is 644. The molecular weight excluding hydrogens is 336 g/mol. The van der Waals surface area contributed by atoms with E-state index in [2.05, 4.69) is 46.2 Å². The van der Waals surface area contributed by atoms with Gasteiger partial charge in [-0.2, -0.15) is 0 Å². The minimum absolute atomic E-state index is 0.112. The molecule has 0 saturated carbocycles. The number of benzene rings is 2. The number of thioether (sulfide) groups is 1. The van der Waals surface area contributed by atoms with E-state index >= 15 is 0 Å². The van der Waals surface area contributed by atoms with Crippen LogP contribution in [-0.4, -0.2) is 11.0 Å². The van der Waals surface area contributed by atoms with E-state index in [0.29, 0.717) is 5.56 Å². The number of amidine groups is 1. The van der Waals surface area contributed by atoms with E-state index in [9.17, 15) is 0 Å². The van der Waals surface area contributed by atoms with Gasteiger partial charge in [0.05, 0.1) is 0 Å². The van der Waals surface area contributed by atoms with Crippen LogP contribution in [0.3, 0.4) is 0 Å². The second-order valence-electron chi connectivity index (χ2n) is 4.35. The minimum Gasteiger partial charge on any atom is -0.409 e. The van der Waals surface area contributed by atoms with Gasteiger partial charge < -0.3 is 10.9 Å². The van der Waals surface area contributed by atoms with Gasteiger partial charge in [0.25, 0.3) is 0 Å². The van der Waals surface area contributed by atoms with E-state index in [1.54, 1.807) is 11.8 Å². The van der Waals surface area contributed by atoms with Crippen LogP contribution in [0.2, 0.25) is 0 Å². The molecule has 2 aromatic rings. The van der Waals surface area contributed by atoms with Gasteiger partial charge in [-0.3, -0.25) is 0 Å². The second kappa shape index (κ2) is 6.81. The molecule has 0 unspecified atom stereocenters. The summed E-state index contributed by atoms with van der Waals surface area (Å²) >= 11 is 5.28.